The molecule has 0 aliphatic carbocycles. The molecule has 1 N–H and O–H groups in total. The Morgan fingerprint density at radius 1 is 1.16 bits per heavy atom. The number of nitrogens with one attached hydrogen (secondary N) is 1. The molecule has 3 rings (SSSR count). The molecule has 1 aliphatic heterocycles. The standard InChI is InChI=1S/C18H22N2O3S2/c1-2-14-6-8-16(9-7-14)19-25(22,23)17-12-15(13-24-17)18(21)20-10-4-3-5-11-20/h6-9,12-13,19H,2-5,10-11H2,1H3. The maximum atomic E-state index is 12.5. The number of rotatable bonds is 5. The van der Waals surface area contributed by atoms with Crippen LogP contribution in [0.5, 0.6) is 0 Å². The Bertz CT molecular complexity index is 835. The van der Waals surface area contributed by atoms with Gasteiger partial charge in [-0.05, 0) is 49.4 Å². The number of likely N-dealkylation sites (tertiary alicyclic amines) is 1. The molecule has 0 atom stereocenters. The number of thiophene rings is 1. The number of amides is 1. The number of aryl methyl sites for hydroxylation is 1. The molecule has 1 aromatic heterocycles. The lowest BCUT2D eigenvalue weighted by molar-refractivity contribution is 0.0725. The van der Waals surface area contributed by atoms with Gasteiger partial charge in [-0.2, -0.15) is 0 Å². The molecule has 2 aromatic rings. The van der Waals surface area contributed by atoms with Gasteiger partial charge in [0, 0.05) is 24.2 Å². The van der Waals surface area contributed by atoms with Crippen LogP contribution in [-0.4, -0.2) is 32.3 Å². The molecule has 0 unspecified atom stereocenters. The summed E-state index contributed by atoms with van der Waals surface area (Å²) in [5.74, 6) is -0.0790. The summed E-state index contributed by atoms with van der Waals surface area (Å²) in [6.07, 6.45) is 4.07. The largest absolute Gasteiger partial charge is 0.339 e. The Hall–Kier alpha value is -1.86. The van der Waals surface area contributed by atoms with Crippen LogP contribution in [0.1, 0.15) is 42.1 Å². The van der Waals surface area contributed by atoms with E-state index in [1.807, 2.05) is 19.1 Å². The second-order valence-corrected chi connectivity index (χ2v) is 8.98. The minimum atomic E-state index is -3.68. The van der Waals surface area contributed by atoms with E-state index >= 15 is 0 Å². The quantitative estimate of drug-likeness (QED) is 0.862. The summed E-state index contributed by atoms with van der Waals surface area (Å²) in [7, 11) is -3.68. The normalized spacial score (nSPS) is 15.2. The van der Waals surface area contributed by atoms with Gasteiger partial charge in [-0.25, -0.2) is 8.42 Å². The zero-order valence-corrected chi connectivity index (χ0v) is 15.8. The highest BCUT2D eigenvalue weighted by molar-refractivity contribution is 7.94. The summed E-state index contributed by atoms with van der Waals surface area (Å²) < 4.78 is 27.8. The minimum Gasteiger partial charge on any atom is -0.339 e. The summed E-state index contributed by atoms with van der Waals surface area (Å²) in [5, 5.41) is 1.63. The lowest BCUT2D eigenvalue weighted by Crippen LogP contribution is -2.35. The van der Waals surface area contributed by atoms with Crippen molar-refractivity contribution < 1.29 is 13.2 Å². The number of hydrogen-bond donors (Lipinski definition) is 1. The molecule has 5 nitrogen and oxygen atoms in total. The van der Waals surface area contributed by atoms with Crippen molar-refractivity contribution in [1.29, 1.82) is 0 Å². The van der Waals surface area contributed by atoms with Crippen molar-refractivity contribution in [1.82, 2.24) is 4.90 Å². The summed E-state index contributed by atoms with van der Waals surface area (Å²) in [6.45, 7) is 3.54. The van der Waals surface area contributed by atoms with Crippen LogP contribution in [0.4, 0.5) is 5.69 Å². The Balaban J connectivity index is 1.74. The molecule has 1 amide bonds. The number of piperidine rings is 1. The van der Waals surface area contributed by atoms with E-state index in [9.17, 15) is 13.2 Å². The highest BCUT2D eigenvalue weighted by Gasteiger charge is 2.23. The van der Waals surface area contributed by atoms with E-state index in [1.165, 1.54) is 6.07 Å². The zero-order valence-electron chi connectivity index (χ0n) is 14.2. The van der Waals surface area contributed by atoms with Gasteiger partial charge in [0.2, 0.25) is 0 Å². The summed E-state index contributed by atoms with van der Waals surface area (Å²) in [4.78, 5) is 14.3. The summed E-state index contributed by atoms with van der Waals surface area (Å²) in [6, 6.07) is 8.78. The van der Waals surface area contributed by atoms with Crippen molar-refractivity contribution in [3.05, 3.63) is 46.8 Å². The predicted molar refractivity (Wildman–Crippen MR) is 101 cm³/mol. The molecule has 1 fully saturated rings. The lowest BCUT2D eigenvalue weighted by Gasteiger charge is -2.26. The van der Waals surface area contributed by atoms with Crippen molar-refractivity contribution >= 4 is 33.0 Å². The fraction of sp³-hybridized carbons (Fsp3) is 0.389. The van der Waals surface area contributed by atoms with Crippen molar-refractivity contribution in [2.75, 3.05) is 17.8 Å². The van der Waals surface area contributed by atoms with Crippen molar-refractivity contribution in [3.63, 3.8) is 0 Å². The third-order valence-electron chi connectivity index (χ3n) is 4.34. The molecule has 1 saturated heterocycles. The Labute approximate surface area is 152 Å². The van der Waals surface area contributed by atoms with Gasteiger partial charge >= 0.3 is 0 Å². The van der Waals surface area contributed by atoms with Crippen LogP contribution in [0.2, 0.25) is 0 Å². The Morgan fingerprint density at radius 2 is 1.84 bits per heavy atom. The maximum Gasteiger partial charge on any atom is 0.271 e. The van der Waals surface area contributed by atoms with Gasteiger partial charge in [-0.3, -0.25) is 9.52 Å². The summed E-state index contributed by atoms with van der Waals surface area (Å²) >= 11 is 1.08. The van der Waals surface area contributed by atoms with Crippen molar-refractivity contribution in [2.24, 2.45) is 0 Å². The number of sulfonamides is 1. The second-order valence-electron chi connectivity index (χ2n) is 6.16. The van der Waals surface area contributed by atoms with Crippen molar-refractivity contribution in [3.8, 4) is 0 Å². The Kier molecular flexibility index (Phi) is 5.44. The molecule has 134 valence electrons. The smallest absolute Gasteiger partial charge is 0.271 e. The first-order valence-electron chi connectivity index (χ1n) is 8.49. The van der Waals surface area contributed by atoms with Gasteiger partial charge in [0.05, 0.1) is 5.56 Å². The van der Waals surface area contributed by atoms with Gasteiger partial charge in [0.25, 0.3) is 15.9 Å². The van der Waals surface area contributed by atoms with Gasteiger partial charge in [-0.15, -0.1) is 11.3 Å². The maximum absolute atomic E-state index is 12.5. The number of nitrogens with zero attached hydrogens (tertiary/aromatic N) is 1. The lowest BCUT2D eigenvalue weighted by atomic mass is 10.1. The van der Waals surface area contributed by atoms with Gasteiger partial charge in [-0.1, -0.05) is 19.1 Å². The van der Waals surface area contributed by atoms with Crippen LogP contribution in [0.15, 0.2) is 39.9 Å². The first-order valence-corrected chi connectivity index (χ1v) is 10.9. The first kappa shape index (κ1) is 17.9. The van der Waals surface area contributed by atoms with E-state index in [-0.39, 0.29) is 10.1 Å². The molecule has 1 aliphatic rings. The third kappa shape index (κ3) is 4.22. The molecule has 0 spiro atoms. The van der Waals surface area contributed by atoms with Crippen LogP contribution in [0.3, 0.4) is 0 Å². The number of hydrogen-bond acceptors (Lipinski definition) is 4. The highest BCUT2D eigenvalue weighted by Crippen LogP contribution is 2.25. The van der Waals surface area contributed by atoms with Crippen LogP contribution >= 0.6 is 11.3 Å². The fourth-order valence-electron chi connectivity index (χ4n) is 2.86. The van der Waals surface area contributed by atoms with E-state index in [0.717, 1.165) is 55.7 Å². The van der Waals surface area contributed by atoms with E-state index in [2.05, 4.69) is 4.72 Å². The van der Waals surface area contributed by atoms with E-state index < -0.39 is 10.0 Å². The fourth-order valence-corrected chi connectivity index (χ4v) is 5.08. The van der Waals surface area contributed by atoms with Crippen LogP contribution in [0.25, 0.3) is 0 Å². The predicted octanol–water partition coefficient (Wildman–Crippen LogP) is 3.74. The molecular formula is C18H22N2O3S2. The van der Waals surface area contributed by atoms with Crippen LogP contribution in [-0.2, 0) is 16.4 Å². The summed E-state index contributed by atoms with van der Waals surface area (Å²) in [5.41, 5.74) is 2.12. The molecular weight excluding hydrogens is 356 g/mol. The zero-order chi connectivity index (χ0) is 17.9. The molecule has 7 heteroatoms. The topological polar surface area (TPSA) is 66.5 Å². The highest BCUT2D eigenvalue weighted by atomic mass is 32.2. The van der Waals surface area contributed by atoms with Gasteiger partial charge in [0.15, 0.2) is 0 Å². The molecule has 0 saturated carbocycles. The monoisotopic (exact) mass is 378 g/mol. The molecule has 2 heterocycles. The SMILES string of the molecule is CCc1ccc(NS(=O)(=O)c2cc(C(=O)N3CCCCC3)cs2)cc1. The minimum absolute atomic E-state index is 0.0790. The third-order valence-corrected chi connectivity index (χ3v) is 7.17. The molecule has 0 radical (unpaired) electrons. The molecule has 0 bridgehead atoms. The number of benzene rings is 1. The van der Waals surface area contributed by atoms with E-state index in [0.29, 0.717) is 11.3 Å². The van der Waals surface area contributed by atoms with Crippen LogP contribution in [0, 0.1) is 0 Å². The number of anilines is 1. The number of carbonyl (C=O) groups is 1. The van der Waals surface area contributed by atoms with Gasteiger partial charge in [0.1, 0.15) is 4.21 Å². The Morgan fingerprint density at radius 3 is 2.48 bits per heavy atom. The second kappa shape index (κ2) is 7.58. The van der Waals surface area contributed by atoms with E-state index in [4.69, 9.17) is 0 Å². The average molecular weight is 379 g/mol. The van der Waals surface area contributed by atoms with Crippen LogP contribution < -0.4 is 4.72 Å². The van der Waals surface area contributed by atoms with Crippen molar-refractivity contribution in [2.45, 2.75) is 36.8 Å². The molecule has 1 aromatic carbocycles. The average Bonchev–Trinajstić information content (AvgIpc) is 3.13. The van der Waals surface area contributed by atoms with E-state index in [1.54, 1.807) is 22.4 Å². The van der Waals surface area contributed by atoms with Gasteiger partial charge < -0.3 is 4.90 Å². The molecule has 25 heavy (non-hydrogen) atoms. The first-order chi connectivity index (χ1) is 12.0. The number of carbonyl (C=O) groups excluding carboxylic acids is 1.